The number of nitrogens with zero attached hydrogens (tertiary/aromatic N) is 2. The fourth-order valence-electron chi connectivity index (χ4n) is 2.60. The first kappa shape index (κ1) is 14.4. The van der Waals surface area contributed by atoms with Gasteiger partial charge in [-0.2, -0.15) is 5.06 Å². The van der Waals surface area contributed by atoms with Gasteiger partial charge in [0.2, 0.25) is 0 Å². The molecule has 0 saturated heterocycles. The molecule has 1 N–H and O–H groups in total. The number of anilines is 1. The molecule has 1 aromatic carbocycles. The Morgan fingerprint density at radius 1 is 1.27 bits per heavy atom. The molecule has 1 heterocycles. The molecule has 1 amide bonds. The zero-order chi connectivity index (χ0) is 15.5. The van der Waals surface area contributed by atoms with E-state index in [4.69, 9.17) is 0 Å². The van der Waals surface area contributed by atoms with E-state index < -0.39 is 11.7 Å². The lowest BCUT2D eigenvalue weighted by atomic mass is 10.1. The highest BCUT2D eigenvalue weighted by Crippen LogP contribution is 2.33. The van der Waals surface area contributed by atoms with Gasteiger partial charge in [0.05, 0.1) is 17.8 Å². The number of carbonyl (C=O) groups is 1. The van der Waals surface area contributed by atoms with Crippen LogP contribution in [-0.2, 0) is 4.79 Å². The maximum absolute atomic E-state index is 13.2. The van der Waals surface area contributed by atoms with Gasteiger partial charge in [-0.05, 0) is 42.2 Å². The molecule has 0 fully saturated rings. The molecule has 1 atom stereocenters. The van der Waals surface area contributed by atoms with Crippen molar-refractivity contribution in [3.05, 3.63) is 66.2 Å². The average molecular weight is 298 g/mol. The van der Waals surface area contributed by atoms with Crippen molar-refractivity contribution in [3.63, 3.8) is 0 Å². The topological polar surface area (TPSA) is 53.4 Å². The van der Waals surface area contributed by atoms with Crippen molar-refractivity contribution < 1.29 is 14.4 Å². The van der Waals surface area contributed by atoms with Crippen molar-refractivity contribution in [1.82, 2.24) is 4.98 Å². The molecule has 0 spiro atoms. The monoisotopic (exact) mass is 298 g/mol. The Balaban J connectivity index is 1.78. The third kappa shape index (κ3) is 2.89. The van der Waals surface area contributed by atoms with Gasteiger partial charge < -0.3 is 0 Å². The van der Waals surface area contributed by atoms with E-state index in [1.807, 2.05) is 6.07 Å². The summed E-state index contributed by atoms with van der Waals surface area (Å²) in [6.07, 6.45) is 5.76. The molecule has 1 aliphatic carbocycles. The third-order valence-corrected chi connectivity index (χ3v) is 3.73. The van der Waals surface area contributed by atoms with Gasteiger partial charge in [0.15, 0.2) is 0 Å². The summed E-state index contributed by atoms with van der Waals surface area (Å²) < 4.78 is 13.2. The Morgan fingerprint density at radius 2 is 2.05 bits per heavy atom. The molecule has 0 radical (unpaired) electrons. The highest BCUT2D eigenvalue weighted by atomic mass is 19.1. The van der Waals surface area contributed by atoms with Gasteiger partial charge in [0.1, 0.15) is 5.82 Å². The molecule has 3 rings (SSSR count). The van der Waals surface area contributed by atoms with Crippen LogP contribution in [0.2, 0.25) is 0 Å². The third-order valence-electron chi connectivity index (χ3n) is 3.73. The quantitative estimate of drug-likeness (QED) is 0.697. The number of amides is 1. The van der Waals surface area contributed by atoms with Gasteiger partial charge in [0.25, 0.3) is 5.91 Å². The summed E-state index contributed by atoms with van der Waals surface area (Å²) in [6.45, 7) is 0. The summed E-state index contributed by atoms with van der Waals surface area (Å²) in [5, 5.41) is 10.7. The SMILES string of the molecule is O=C([C@@H]1C=C(c2cncc(F)c2)CC1)N(O)c1ccccc1. The minimum absolute atomic E-state index is 0.384. The molecule has 0 saturated carbocycles. The molecule has 22 heavy (non-hydrogen) atoms. The van der Waals surface area contributed by atoms with E-state index in [0.717, 1.165) is 11.8 Å². The lowest BCUT2D eigenvalue weighted by Crippen LogP contribution is -2.31. The van der Waals surface area contributed by atoms with Gasteiger partial charge in [-0.3, -0.25) is 15.0 Å². The number of allylic oxidation sites excluding steroid dienone is 1. The van der Waals surface area contributed by atoms with E-state index in [-0.39, 0.29) is 5.91 Å². The Hall–Kier alpha value is -2.53. The highest BCUT2D eigenvalue weighted by molar-refractivity contribution is 5.95. The Labute approximate surface area is 127 Å². The van der Waals surface area contributed by atoms with Crippen molar-refractivity contribution >= 4 is 17.2 Å². The van der Waals surface area contributed by atoms with Crippen molar-refractivity contribution in [2.45, 2.75) is 12.8 Å². The molecular weight excluding hydrogens is 283 g/mol. The molecule has 0 aliphatic heterocycles. The predicted octanol–water partition coefficient (Wildman–Crippen LogP) is 3.44. The van der Waals surface area contributed by atoms with Gasteiger partial charge >= 0.3 is 0 Å². The molecule has 112 valence electrons. The van der Waals surface area contributed by atoms with Crippen molar-refractivity contribution in [1.29, 1.82) is 0 Å². The van der Waals surface area contributed by atoms with E-state index in [2.05, 4.69) is 4.98 Å². The number of hydrogen-bond donors (Lipinski definition) is 1. The van der Waals surface area contributed by atoms with Crippen LogP contribution in [0, 0.1) is 11.7 Å². The number of aromatic nitrogens is 1. The molecule has 1 aromatic heterocycles. The summed E-state index contributed by atoms with van der Waals surface area (Å²) in [5.74, 6) is -1.20. The maximum Gasteiger partial charge on any atom is 0.257 e. The summed E-state index contributed by atoms with van der Waals surface area (Å²) in [6, 6.07) is 10.0. The second-order valence-corrected chi connectivity index (χ2v) is 5.21. The van der Waals surface area contributed by atoms with Crippen LogP contribution in [0.25, 0.3) is 5.57 Å². The van der Waals surface area contributed by atoms with E-state index in [9.17, 15) is 14.4 Å². The summed E-state index contributed by atoms with van der Waals surface area (Å²) in [5.41, 5.74) is 1.99. The van der Waals surface area contributed by atoms with E-state index in [0.29, 0.717) is 29.2 Å². The highest BCUT2D eigenvalue weighted by Gasteiger charge is 2.27. The molecular formula is C17H15FN2O2. The summed E-state index contributed by atoms with van der Waals surface area (Å²) >= 11 is 0. The van der Waals surface area contributed by atoms with Crippen LogP contribution in [0.5, 0.6) is 0 Å². The predicted molar refractivity (Wildman–Crippen MR) is 80.6 cm³/mol. The van der Waals surface area contributed by atoms with Gasteiger partial charge in [-0.15, -0.1) is 0 Å². The van der Waals surface area contributed by atoms with Gasteiger partial charge in [-0.25, -0.2) is 4.39 Å². The van der Waals surface area contributed by atoms with Crippen LogP contribution >= 0.6 is 0 Å². The minimum Gasteiger partial charge on any atom is -0.281 e. The molecule has 0 unspecified atom stereocenters. The number of para-hydroxylation sites is 1. The summed E-state index contributed by atoms with van der Waals surface area (Å²) in [7, 11) is 0. The number of halogens is 1. The molecule has 1 aliphatic rings. The van der Waals surface area contributed by atoms with E-state index >= 15 is 0 Å². The first-order valence-electron chi connectivity index (χ1n) is 7.04. The molecule has 5 heteroatoms. The maximum atomic E-state index is 13.2. The lowest BCUT2D eigenvalue weighted by molar-refractivity contribution is -0.126. The Morgan fingerprint density at radius 3 is 2.77 bits per heavy atom. The minimum atomic E-state index is -0.413. The van der Waals surface area contributed by atoms with Crippen LogP contribution in [0.15, 0.2) is 54.9 Å². The van der Waals surface area contributed by atoms with Crippen molar-refractivity contribution in [2.24, 2.45) is 5.92 Å². The summed E-state index contributed by atoms with van der Waals surface area (Å²) in [4.78, 5) is 16.2. The van der Waals surface area contributed by atoms with E-state index in [1.165, 1.54) is 6.07 Å². The van der Waals surface area contributed by atoms with Crippen molar-refractivity contribution in [2.75, 3.05) is 5.06 Å². The number of hydrogen-bond acceptors (Lipinski definition) is 3. The second kappa shape index (κ2) is 6.07. The number of rotatable bonds is 3. The number of pyridine rings is 1. The normalized spacial score (nSPS) is 17.2. The zero-order valence-corrected chi connectivity index (χ0v) is 11.8. The number of benzene rings is 1. The first-order chi connectivity index (χ1) is 10.6. The van der Waals surface area contributed by atoms with Crippen LogP contribution < -0.4 is 5.06 Å². The Bertz CT molecular complexity index is 716. The van der Waals surface area contributed by atoms with Gasteiger partial charge in [-0.1, -0.05) is 24.3 Å². The van der Waals surface area contributed by atoms with Crippen LogP contribution in [0.3, 0.4) is 0 Å². The first-order valence-corrected chi connectivity index (χ1v) is 7.04. The Kier molecular flexibility index (Phi) is 3.98. The second-order valence-electron chi connectivity index (χ2n) is 5.21. The standard InChI is InChI=1S/C17H15FN2O2/c18-15-9-14(10-19-11-15)12-6-7-13(8-12)17(21)20(22)16-4-2-1-3-5-16/h1-5,8-11,13,22H,6-7H2/t13-/m0/s1. The smallest absolute Gasteiger partial charge is 0.257 e. The largest absolute Gasteiger partial charge is 0.281 e. The van der Waals surface area contributed by atoms with Crippen LogP contribution in [0.4, 0.5) is 10.1 Å². The van der Waals surface area contributed by atoms with Crippen LogP contribution in [-0.4, -0.2) is 16.1 Å². The molecule has 0 bridgehead atoms. The van der Waals surface area contributed by atoms with Crippen molar-refractivity contribution in [3.8, 4) is 0 Å². The fraction of sp³-hybridized carbons (Fsp3) is 0.176. The number of hydroxylamine groups is 1. The average Bonchev–Trinajstić information content (AvgIpc) is 3.04. The van der Waals surface area contributed by atoms with Gasteiger partial charge in [0, 0.05) is 6.20 Å². The van der Waals surface area contributed by atoms with E-state index in [1.54, 1.807) is 36.5 Å². The fourth-order valence-corrected chi connectivity index (χ4v) is 2.60. The van der Waals surface area contributed by atoms with Crippen LogP contribution in [0.1, 0.15) is 18.4 Å². The zero-order valence-electron chi connectivity index (χ0n) is 11.8. The lowest BCUT2D eigenvalue weighted by Gasteiger charge is -2.17. The molecule has 4 nitrogen and oxygen atoms in total. The number of carbonyl (C=O) groups excluding carboxylic acids is 1. The molecule has 2 aromatic rings.